The van der Waals surface area contributed by atoms with E-state index in [2.05, 4.69) is 9.97 Å². The van der Waals surface area contributed by atoms with Gasteiger partial charge in [0.2, 0.25) is 5.88 Å². The number of carbonyl (C=O) groups is 2. The highest BCUT2D eigenvalue weighted by Gasteiger charge is 2.17. The third-order valence-corrected chi connectivity index (χ3v) is 3.20. The summed E-state index contributed by atoms with van der Waals surface area (Å²) in [7, 11) is 0. The van der Waals surface area contributed by atoms with Crippen LogP contribution in [0.4, 0.5) is 0 Å². The molecule has 1 unspecified atom stereocenters. The molecule has 8 nitrogen and oxygen atoms in total. The molecule has 0 saturated heterocycles. The third-order valence-electron chi connectivity index (χ3n) is 3.20. The van der Waals surface area contributed by atoms with Crippen LogP contribution in [0.5, 0.6) is 5.88 Å². The Balaban J connectivity index is 2.11. The Morgan fingerprint density at radius 2 is 1.88 bits per heavy atom. The fourth-order valence-electron chi connectivity index (χ4n) is 2.08. The Hall–Kier alpha value is -3.47. The van der Waals surface area contributed by atoms with Gasteiger partial charge in [-0.15, -0.1) is 0 Å². The van der Waals surface area contributed by atoms with Gasteiger partial charge < -0.3 is 14.2 Å². The van der Waals surface area contributed by atoms with E-state index in [0.29, 0.717) is 0 Å². The number of esters is 2. The molecule has 0 saturated carbocycles. The predicted octanol–water partition coefficient (Wildman–Crippen LogP) is 1.89. The fraction of sp³-hybridized carbons (Fsp3) is 0.278. The molecule has 0 fully saturated rings. The lowest BCUT2D eigenvalue weighted by molar-refractivity contribution is -0.158. The largest absolute Gasteiger partial charge is 0.473 e. The first-order valence-corrected chi connectivity index (χ1v) is 7.73. The van der Waals surface area contributed by atoms with Crippen LogP contribution in [-0.4, -0.2) is 41.2 Å². The van der Waals surface area contributed by atoms with E-state index < -0.39 is 18.0 Å². The molecule has 2 aromatic heterocycles. The van der Waals surface area contributed by atoms with Gasteiger partial charge in [-0.25, -0.2) is 4.98 Å². The summed E-state index contributed by atoms with van der Waals surface area (Å²) in [4.78, 5) is 30.2. The van der Waals surface area contributed by atoms with Gasteiger partial charge in [-0.3, -0.25) is 14.6 Å². The van der Waals surface area contributed by atoms with Gasteiger partial charge in [-0.2, -0.15) is 5.26 Å². The average Bonchev–Trinajstić information content (AvgIpc) is 2.64. The lowest BCUT2D eigenvalue weighted by atomic mass is 10.1. The maximum atomic E-state index is 11.1. The van der Waals surface area contributed by atoms with Crippen LogP contribution in [0, 0.1) is 11.3 Å². The molecule has 2 heterocycles. The summed E-state index contributed by atoms with van der Waals surface area (Å²) in [6.07, 6.45) is 4.05. The van der Waals surface area contributed by atoms with Crippen LogP contribution < -0.4 is 4.74 Å². The van der Waals surface area contributed by atoms with Crippen LogP contribution in [0.1, 0.15) is 19.4 Å². The van der Waals surface area contributed by atoms with Crippen molar-refractivity contribution >= 4 is 11.9 Å². The number of carbonyl (C=O) groups excluding carboxylic acids is 2. The SMILES string of the molecule is CC(=O)OCC(COc1ncc(-c2ccncc2)cc1C#N)OC(C)=O. The lowest BCUT2D eigenvalue weighted by Crippen LogP contribution is -2.30. The highest BCUT2D eigenvalue weighted by atomic mass is 16.6. The molecule has 0 radical (unpaired) electrons. The van der Waals surface area contributed by atoms with Crippen LogP contribution in [0.25, 0.3) is 11.1 Å². The van der Waals surface area contributed by atoms with Crippen LogP contribution in [0.15, 0.2) is 36.8 Å². The zero-order chi connectivity index (χ0) is 18.9. The van der Waals surface area contributed by atoms with E-state index in [1.165, 1.54) is 13.8 Å². The summed E-state index contributed by atoms with van der Waals surface area (Å²) in [5.41, 5.74) is 1.84. The summed E-state index contributed by atoms with van der Waals surface area (Å²) < 4.78 is 15.4. The van der Waals surface area contributed by atoms with Crippen LogP contribution >= 0.6 is 0 Å². The zero-order valence-corrected chi connectivity index (χ0v) is 14.3. The van der Waals surface area contributed by atoms with Gasteiger partial charge in [0, 0.05) is 38.0 Å². The zero-order valence-electron chi connectivity index (χ0n) is 14.3. The minimum absolute atomic E-state index is 0.102. The Kier molecular flexibility index (Phi) is 6.62. The van der Waals surface area contributed by atoms with Gasteiger partial charge in [0.05, 0.1) is 0 Å². The quantitative estimate of drug-likeness (QED) is 0.692. The van der Waals surface area contributed by atoms with E-state index in [4.69, 9.17) is 14.2 Å². The first-order chi connectivity index (χ1) is 12.5. The normalized spacial score (nSPS) is 11.1. The predicted molar refractivity (Wildman–Crippen MR) is 89.9 cm³/mol. The Labute approximate surface area is 150 Å². The average molecular weight is 355 g/mol. The molecule has 2 aromatic rings. The molecule has 0 aliphatic heterocycles. The number of hydrogen-bond donors (Lipinski definition) is 0. The fourth-order valence-corrected chi connectivity index (χ4v) is 2.08. The Morgan fingerprint density at radius 3 is 2.50 bits per heavy atom. The third kappa shape index (κ3) is 5.56. The van der Waals surface area contributed by atoms with Gasteiger partial charge in [0.25, 0.3) is 0 Å². The van der Waals surface area contributed by atoms with E-state index in [0.717, 1.165) is 11.1 Å². The van der Waals surface area contributed by atoms with Crippen molar-refractivity contribution in [1.29, 1.82) is 5.26 Å². The van der Waals surface area contributed by atoms with Crippen LogP contribution in [-0.2, 0) is 19.1 Å². The van der Waals surface area contributed by atoms with E-state index in [9.17, 15) is 14.9 Å². The second kappa shape index (κ2) is 9.13. The lowest BCUT2D eigenvalue weighted by Gasteiger charge is -2.17. The van der Waals surface area contributed by atoms with Crippen LogP contribution in [0.2, 0.25) is 0 Å². The summed E-state index contributed by atoms with van der Waals surface area (Å²) in [5, 5.41) is 9.34. The molecular formula is C18H17N3O5. The van der Waals surface area contributed by atoms with E-state index in [-0.39, 0.29) is 24.7 Å². The first-order valence-electron chi connectivity index (χ1n) is 7.73. The molecule has 26 heavy (non-hydrogen) atoms. The van der Waals surface area contributed by atoms with Crippen molar-refractivity contribution < 1.29 is 23.8 Å². The van der Waals surface area contributed by atoms with Crippen molar-refractivity contribution in [3.63, 3.8) is 0 Å². The van der Waals surface area contributed by atoms with Gasteiger partial charge in [0.1, 0.15) is 24.8 Å². The maximum absolute atomic E-state index is 11.1. The van der Waals surface area contributed by atoms with Crippen molar-refractivity contribution in [3.05, 3.63) is 42.4 Å². The van der Waals surface area contributed by atoms with Crippen molar-refractivity contribution in [1.82, 2.24) is 9.97 Å². The number of ether oxygens (including phenoxy) is 3. The molecule has 0 bridgehead atoms. The number of hydrogen-bond acceptors (Lipinski definition) is 8. The van der Waals surface area contributed by atoms with Gasteiger partial charge in [0.15, 0.2) is 6.10 Å². The Morgan fingerprint density at radius 1 is 1.15 bits per heavy atom. The highest BCUT2D eigenvalue weighted by molar-refractivity contribution is 5.67. The van der Waals surface area contributed by atoms with Crippen molar-refractivity contribution in [2.75, 3.05) is 13.2 Å². The molecule has 2 rings (SSSR count). The number of rotatable bonds is 7. The molecule has 0 N–H and O–H groups in total. The molecule has 0 aliphatic carbocycles. The minimum Gasteiger partial charge on any atom is -0.473 e. The van der Waals surface area contributed by atoms with E-state index >= 15 is 0 Å². The van der Waals surface area contributed by atoms with Gasteiger partial charge in [-0.05, 0) is 23.8 Å². The first kappa shape index (κ1) is 18.9. The summed E-state index contributed by atoms with van der Waals surface area (Å²) in [6, 6.07) is 7.27. The number of pyridine rings is 2. The van der Waals surface area contributed by atoms with E-state index in [1.807, 2.05) is 6.07 Å². The Bertz CT molecular complexity index is 817. The molecule has 0 aromatic carbocycles. The number of nitriles is 1. The highest BCUT2D eigenvalue weighted by Crippen LogP contribution is 2.23. The molecular weight excluding hydrogens is 338 g/mol. The number of aromatic nitrogens is 2. The second-order valence-electron chi connectivity index (χ2n) is 5.27. The molecule has 8 heteroatoms. The summed E-state index contributed by atoms with van der Waals surface area (Å²) >= 11 is 0. The smallest absolute Gasteiger partial charge is 0.303 e. The molecule has 0 amide bonds. The van der Waals surface area contributed by atoms with Crippen molar-refractivity contribution in [2.45, 2.75) is 20.0 Å². The van der Waals surface area contributed by atoms with Crippen LogP contribution in [0.3, 0.4) is 0 Å². The number of nitrogens with zero attached hydrogens (tertiary/aromatic N) is 3. The van der Waals surface area contributed by atoms with Crippen molar-refractivity contribution in [2.24, 2.45) is 0 Å². The van der Waals surface area contributed by atoms with Crippen molar-refractivity contribution in [3.8, 4) is 23.1 Å². The monoisotopic (exact) mass is 355 g/mol. The topological polar surface area (TPSA) is 111 Å². The summed E-state index contributed by atoms with van der Waals surface area (Å²) in [6.45, 7) is 2.23. The summed E-state index contributed by atoms with van der Waals surface area (Å²) in [5.74, 6) is -0.933. The molecule has 134 valence electrons. The molecule has 0 aliphatic rings. The molecule has 1 atom stereocenters. The van der Waals surface area contributed by atoms with E-state index in [1.54, 1.807) is 36.8 Å². The van der Waals surface area contributed by atoms with Gasteiger partial charge >= 0.3 is 11.9 Å². The standard InChI is InChI=1S/C18H17N3O5/c1-12(22)24-10-17(26-13(2)23)11-25-18-15(8-19)7-16(9-21-18)14-3-5-20-6-4-14/h3-7,9,17H,10-11H2,1-2H3. The van der Waals surface area contributed by atoms with Gasteiger partial charge in [-0.1, -0.05) is 0 Å². The maximum Gasteiger partial charge on any atom is 0.303 e. The second-order valence-corrected chi connectivity index (χ2v) is 5.27. The minimum atomic E-state index is -0.801. The molecule has 0 spiro atoms.